The maximum atomic E-state index is 12.4. The fraction of sp³-hybridized carbons (Fsp3) is 0.455. The molecule has 1 saturated heterocycles. The first-order valence-electron chi connectivity index (χ1n) is 5.70. The molecule has 8 heteroatoms. The van der Waals surface area contributed by atoms with E-state index in [0.717, 1.165) is 4.31 Å². The van der Waals surface area contributed by atoms with Gasteiger partial charge in [-0.25, -0.2) is 8.42 Å². The molecular formula is C11H14N2O5S. The van der Waals surface area contributed by atoms with Gasteiger partial charge in [-0.2, -0.15) is 4.31 Å². The molecule has 1 N–H and O–H groups in total. The Labute approximate surface area is 110 Å². The Morgan fingerprint density at radius 2 is 2.26 bits per heavy atom. The molecule has 1 atom stereocenters. The Morgan fingerprint density at radius 3 is 2.89 bits per heavy atom. The molecule has 0 bridgehead atoms. The lowest BCUT2D eigenvalue weighted by Gasteiger charge is -2.20. The Bertz CT molecular complexity index is 587. The Hall–Kier alpha value is -1.67. The molecule has 0 aromatic carbocycles. The van der Waals surface area contributed by atoms with Gasteiger partial charge in [0.2, 0.25) is 10.0 Å². The maximum absolute atomic E-state index is 12.4. The van der Waals surface area contributed by atoms with Gasteiger partial charge in [0.1, 0.15) is 16.7 Å². The van der Waals surface area contributed by atoms with Gasteiger partial charge in [0, 0.05) is 18.8 Å². The average molecular weight is 286 g/mol. The number of carboxylic acids is 1. The van der Waals surface area contributed by atoms with Crippen molar-refractivity contribution in [2.75, 3.05) is 13.7 Å². The van der Waals surface area contributed by atoms with Crippen LogP contribution in [0.1, 0.15) is 12.8 Å². The van der Waals surface area contributed by atoms with Gasteiger partial charge < -0.3 is 9.84 Å². The zero-order chi connectivity index (χ0) is 14.0. The van der Waals surface area contributed by atoms with Crippen molar-refractivity contribution < 1.29 is 23.1 Å². The largest absolute Gasteiger partial charge is 0.495 e. The van der Waals surface area contributed by atoms with E-state index in [1.807, 2.05) is 0 Å². The summed E-state index contributed by atoms with van der Waals surface area (Å²) in [6.07, 6.45) is 3.44. The van der Waals surface area contributed by atoms with E-state index in [1.54, 1.807) is 0 Å². The van der Waals surface area contributed by atoms with Gasteiger partial charge in [-0.15, -0.1) is 0 Å². The molecule has 0 saturated carbocycles. The van der Waals surface area contributed by atoms with Crippen LogP contribution in [0.4, 0.5) is 0 Å². The molecule has 19 heavy (non-hydrogen) atoms. The van der Waals surface area contributed by atoms with Crippen LogP contribution in [0.25, 0.3) is 0 Å². The predicted octanol–water partition coefficient (Wildman–Crippen LogP) is 0.328. The molecule has 1 aromatic heterocycles. The van der Waals surface area contributed by atoms with Crippen LogP contribution in [0.3, 0.4) is 0 Å². The summed E-state index contributed by atoms with van der Waals surface area (Å²) in [4.78, 5) is 14.8. The van der Waals surface area contributed by atoms with Gasteiger partial charge in [-0.1, -0.05) is 0 Å². The number of rotatable bonds is 4. The SMILES string of the molecule is COc1cncc(S(=O)(=O)N2CCCC2C(=O)O)c1. The Kier molecular flexibility index (Phi) is 3.72. The van der Waals surface area contributed by atoms with Crippen molar-refractivity contribution in [2.45, 2.75) is 23.8 Å². The molecule has 2 rings (SSSR count). The summed E-state index contributed by atoms with van der Waals surface area (Å²) >= 11 is 0. The molecule has 1 unspecified atom stereocenters. The smallest absolute Gasteiger partial charge is 0.322 e. The second-order valence-electron chi connectivity index (χ2n) is 4.17. The molecule has 104 valence electrons. The minimum atomic E-state index is -3.86. The normalized spacial score (nSPS) is 20.4. The van der Waals surface area contributed by atoms with E-state index in [0.29, 0.717) is 18.6 Å². The van der Waals surface area contributed by atoms with E-state index in [-0.39, 0.29) is 11.4 Å². The van der Waals surface area contributed by atoms with E-state index in [1.165, 1.54) is 25.6 Å². The molecule has 0 aliphatic carbocycles. The molecule has 0 spiro atoms. The molecule has 1 aliphatic rings. The van der Waals surface area contributed by atoms with Crippen molar-refractivity contribution in [3.05, 3.63) is 18.5 Å². The van der Waals surface area contributed by atoms with Crippen LogP contribution in [0.5, 0.6) is 5.75 Å². The minimum Gasteiger partial charge on any atom is -0.495 e. The summed E-state index contributed by atoms with van der Waals surface area (Å²) in [6, 6.07) is 0.329. The van der Waals surface area contributed by atoms with E-state index in [2.05, 4.69) is 4.98 Å². The van der Waals surface area contributed by atoms with Gasteiger partial charge in [0.15, 0.2) is 0 Å². The van der Waals surface area contributed by atoms with Crippen LogP contribution in [0.15, 0.2) is 23.4 Å². The number of hydrogen-bond donors (Lipinski definition) is 1. The lowest BCUT2D eigenvalue weighted by atomic mass is 10.2. The third-order valence-electron chi connectivity index (χ3n) is 3.02. The Balaban J connectivity index is 2.38. The molecule has 1 aliphatic heterocycles. The first-order valence-corrected chi connectivity index (χ1v) is 7.14. The van der Waals surface area contributed by atoms with Gasteiger partial charge in [0.25, 0.3) is 0 Å². The van der Waals surface area contributed by atoms with Crippen LogP contribution in [-0.2, 0) is 14.8 Å². The van der Waals surface area contributed by atoms with Crippen LogP contribution in [-0.4, -0.2) is 48.5 Å². The maximum Gasteiger partial charge on any atom is 0.322 e. The highest BCUT2D eigenvalue weighted by atomic mass is 32.2. The lowest BCUT2D eigenvalue weighted by Crippen LogP contribution is -2.40. The van der Waals surface area contributed by atoms with E-state index in [4.69, 9.17) is 9.84 Å². The predicted molar refractivity (Wildman–Crippen MR) is 65.3 cm³/mol. The molecule has 1 aromatic rings. The third-order valence-corrected chi connectivity index (χ3v) is 4.89. The summed E-state index contributed by atoms with van der Waals surface area (Å²) in [5.41, 5.74) is 0. The number of carbonyl (C=O) groups is 1. The third kappa shape index (κ3) is 2.54. The van der Waals surface area contributed by atoms with Crippen LogP contribution in [0.2, 0.25) is 0 Å². The van der Waals surface area contributed by atoms with Crippen molar-refractivity contribution in [3.8, 4) is 5.75 Å². The van der Waals surface area contributed by atoms with Crippen molar-refractivity contribution in [3.63, 3.8) is 0 Å². The second kappa shape index (κ2) is 5.14. The standard InChI is InChI=1S/C11H14N2O5S/c1-18-8-5-9(7-12-6-8)19(16,17)13-4-2-3-10(13)11(14)15/h5-7,10H,2-4H2,1H3,(H,14,15). The quantitative estimate of drug-likeness (QED) is 0.856. The summed E-state index contributed by atoms with van der Waals surface area (Å²) in [5, 5.41) is 9.05. The molecule has 0 radical (unpaired) electrons. The van der Waals surface area contributed by atoms with Crippen molar-refractivity contribution in [1.29, 1.82) is 0 Å². The van der Waals surface area contributed by atoms with Gasteiger partial charge in [0.05, 0.1) is 13.3 Å². The van der Waals surface area contributed by atoms with E-state index in [9.17, 15) is 13.2 Å². The van der Waals surface area contributed by atoms with Crippen molar-refractivity contribution in [1.82, 2.24) is 9.29 Å². The van der Waals surface area contributed by atoms with Crippen LogP contribution in [0, 0.1) is 0 Å². The van der Waals surface area contributed by atoms with E-state index < -0.39 is 22.0 Å². The van der Waals surface area contributed by atoms with Gasteiger partial charge in [-0.05, 0) is 12.8 Å². The number of nitrogens with zero attached hydrogens (tertiary/aromatic N) is 2. The van der Waals surface area contributed by atoms with Gasteiger partial charge in [-0.3, -0.25) is 9.78 Å². The average Bonchev–Trinajstić information content (AvgIpc) is 2.89. The first kappa shape index (κ1) is 13.8. The highest BCUT2D eigenvalue weighted by molar-refractivity contribution is 7.89. The second-order valence-corrected chi connectivity index (χ2v) is 6.06. The number of aromatic nitrogens is 1. The first-order chi connectivity index (χ1) is 8.96. The Morgan fingerprint density at radius 1 is 1.53 bits per heavy atom. The highest BCUT2D eigenvalue weighted by Gasteiger charge is 2.39. The van der Waals surface area contributed by atoms with Crippen LogP contribution < -0.4 is 4.74 Å². The zero-order valence-electron chi connectivity index (χ0n) is 10.3. The summed E-state index contributed by atoms with van der Waals surface area (Å²) in [5.74, 6) is -0.816. The number of carboxylic acid groups (broad SMARTS) is 1. The number of methoxy groups -OCH3 is 1. The van der Waals surface area contributed by atoms with Gasteiger partial charge >= 0.3 is 5.97 Å². The zero-order valence-corrected chi connectivity index (χ0v) is 11.1. The topological polar surface area (TPSA) is 96.8 Å². The van der Waals surface area contributed by atoms with Crippen molar-refractivity contribution >= 4 is 16.0 Å². The van der Waals surface area contributed by atoms with Crippen LogP contribution >= 0.6 is 0 Å². The number of aliphatic carboxylic acids is 1. The number of ether oxygens (including phenoxy) is 1. The molecular weight excluding hydrogens is 272 g/mol. The highest BCUT2D eigenvalue weighted by Crippen LogP contribution is 2.27. The minimum absolute atomic E-state index is 0.0556. The fourth-order valence-electron chi connectivity index (χ4n) is 2.06. The number of sulfonamides is 1. The monoisotopic (exact) mass is 286 g/mol. The van der Waals surface area contributed by atoms with E-state index >= 15 is 0 Å². The molecule has 1 fully saturated rings. The summed E-state index contributed by atoms with van der Waals surface area (Å²) in [6.45, 7) is 0.205. The summed E-state index contributed by atoms with van der Waals surface area (Å²) < 4.78 is 30.7. The number of pyridine rings is 1. The summed E-state index contributed by atoms with van der Waals surface area (Å²) in [7, 11) is -2.45. The lowest BCUT2D eigenvalue weighted by molar-refractivity contribution is -0.140. The van der Waals surface area contributed by atoms with Crippen molar-refractivity contribution in [2.24, 2.45) is 0 Å². The molecule has 2 heterocycles. The molecule has 7 nitrogen and oxygen atoms in total. The fourth-order valence-corrected chi connectivity index (χ4v) is 3.69. The molecule has 0 amide bonds. The number of hydrogen-bond acceptors (Lipinski definition) is 5.